The van der Waals surface area contributed by atoms with Crippen LogP contribution < -0.4 is 21.1 Å². The fourth-order valence-electron chi connectivity index (χ4n) is 1.29. The molecule has 1 aromatic carbocycles. The Labute approximate surface area is 99.1 Å². The first-order valence-electron chi connectivity index (χ1n) is 5.04. The summed E-state index contributed by atoms with van der Waals surface area (Å²) in [4.78, 5) is 22.0. The molecule has 92 valence electrons. The standard InChI is InChI=1S/C11H15N3O3/c1-7(10(15)14-11(12)16)13-8-5-3-4-6-9(8)17-2/h3-7,13H,1-2H3,(H3,12,14,15,16)/t7-/m0/s1. The second kappa shape index (κ2) is 5.74. The normalized spacial score (nSPS) is 11.4. The molecule has 0 aliphatic rings. The Morgan fingerprint density at radius 3 is 2.59 bits per heavy atom. The van der Waals surface area contributed by atoms with Gasteiger partial charge in [0.25, 0.3) is 0 Å². The molecule has 1 aromatic rings. The number of nitrogens with one attached hydrogen (secondary N) is 2. The Kier molecular flexibility index (Phi) is 4.33. The highest BCUT2D eigenvalue weighted by Gasteiger charge is 2.15. The largest absolute Gasteiger partial charge is 0.495 e. The molecule has 0 unspecified atom stereocenters. The number of hydrogen-bond donors (Lipinski definition) is 3. The van der Waals surface area contributed by atoms with E-state index >= 15 is 0 Å². The van der Waals surface area contributed by atoms with E-state index in [-0.39, 0.29) is 0 Å². The lowest BCUT2D eigenvalue weighted by molar-refractivity contribution is -0.120. The van der Waals surface area contributed by atoms with Crippen molar-refractivity contribution in [1.29, 1.82) is 0 Å². The van der Waals surface area contributed by atoms with Crippen molar-refractivity contribution < 1.29 is 14.3 Å². The van der Waals surface area contributed by atoms with Crippen molar-refractivity contribution in [2.45, 2.75) is 13.0 Å². The third-order valence-corrected chi connectivity index (χ3v) is 2.12. The van der Waals surface area contributed by atoms with Gasteiger partial charge in [-0.3, -0.25) is 10.1 Å². The SMILES string of the molecule is COc1ccccc1N[C@@H](C)C(=O)NC(N)=O. The molecule has 4 N–H and O–H groups in total. The third kappa shape index (κ3) is 3.67. The van der Waals surface area contributed by atoms with Crippen LogP contribution in [0.1, 0.15) is 6.92 Å². The van der Waals surface area contributed by atoms with E-state index in [1.165, 1.54) is 7.11 Å². The molecule has 0 saturated heterocycles. The van der Waals surface area contributed by atoms with Gasteiger partial charge in [-0.2, -0.15) is 0 Å². The molecule has 1 rings (SSSR count). The van der Waals surface area contributed by atoms with Crippen LogP contribution in [0.2, 0.25) is 0 Å². The molecule has 0 bridgehead atoms. The van der Waals surface area contributed by atoms with Gasteiger partial charge in [-0.1, -0.05) is 12.1 Å². The van der Waals surface area contributed by atoms with Gasteiger partial charge in [0.05, 0.1) is 12.8 Å². The minimum absolute atomic E-state index is 0.497. The minimum Gasteiger partial charge on any atom is -0.495 e. The highest BCUT2D eigenvalue weighted by Crippen LogP contribution is 2.23. The number of rotatable bonds is 4. The molecule has 1 atom stereocenters. The lowest BCUT2D eigenvalue weighted by Crippen LogP contribution is -2.43. The Hall–Kier alpha value is -2.24. The monoisotopic (exact) mass is 237 g/mol. The van der Waals surface area contributed by atoms with Crippen molar-refractivity contribution in [3.8, 4) is 5.75 Å². The predicted molar refractivity (Wildman–Crippen MR) is 63.8 cm³/mol. The number of carbonyl (C=O) groups excluding carboxylic acids is 2. The highest BCUT2D eigenvalue weighted by molar-refractivity contribution is 5.97. The van der Waals surface area contributed by atoms with Gasteiger partial charge in [0.15, 0.2) is 0 Å². The fourth-order valence-corrected chi connectivity index (χ4v) is 1.29. The molecular weight excluding hydrogens is 222 g/mol. The molecule has 6 heteroatoms. The Bertz CT molecular complexity index is 420. The summed E-state index contributed by atoms with van der Waals surface area (Å²) < 4.78 is 5.12. The number of primary amides is 1. The fraction of sp³-hybridized carbons (Fsp3) is 0.273. The number of amides is 3. The van der Waals surface area contributed by atoms with Crippen LogP contribution in [0, 0.1) is 0 Å². The van der Waals surface area contributed by atoms with Gasteiger partial charge in [-0.05, 0) is 19.1 Å². The summed E-state index contributed by atoms with van der Waals surface area (Å²) in [6, 6.07) is 5.69. The molecule has 0 aliphatic heterocycles. The van der Waals surface area contributed by atoms with Gasteiger partial charge in [0, 0.05) is 0 Å². The molecule has 0 aromatic heterocycles. The molecule has 0 heterocycles. The van der Waals surface area contributed by atoms with E-state index in [4.69, 9.17) is 10.5 Å². The molecular formula is C11H15N3O3. The lowest BCUT2D eigenvalue weighted by atomic mass is 10.2. The topological polar surface area (TPSA) is 93.4 Å². The molecule has 3 amide bonds. The number of para-hydroxylation sites is 2. The summed E-state index contributed by atoms with van der Waals surface area (Å²) in [6.07, 6.45) is 0. The van der Waals surface area contributed by atoms with E-state index in [0.29, 0.717) is 11.4 Å². The van der Waals surface area contributed by atoms with E-state index in [1.54, 1.807) is 19.1 Å². The van der Waals surface area contributed by atoms with E-state index in [2.05, 4.69) is 5.32 Å². The van der Waals surface area contributed by atoms with Crippen molar-refractivity contribution in [2.75, 3.05) is 12.4 Å². The van der Waals surface area contributed by atoms with Crippen molar-refractivity contribution >= 4 is 17.6 Å². The first kappa shape index (κ1) is 12.8. The zero-order valence-electron chi connectivity index (χ0n) is 9.69. The molecule has 0 aliphatic carbocycles. The van der Waals surface area contributed by atoms with E-state index in [0.717, 1.165) is 0 Å². The Balaban J connectivity index is 2.70. The second-order valence-electron chi connectivity index (χ2n) is 3.42. The zero-order valence-corrected chi connectivity index (χ0v) is 9.69. The quantitative estimate of drug-likeness (QED) is 0.718. The van der Waals surface area contributed by atoms with Crippen LogP contribution in [-0.4, -0.2) is 25.1 Å². The molecule has 0 fully saturated rings. The summed E-state index contributed by atoms with van der Waals surface area (Å²) in [6.45, 7) is 1.62. The van der Waals surface area contributed by atoms with Crippen molar-refractivity contribution in [3.63, 3.8) is 0 Å². The number of hydrogen-bond acceptors (Lipinski definition) is 4. The van der Waals surface area contributed by atoms with Crippen molar-refractivity contribution in [1.82, 2.24) is 5.32 Å². The zero-order chi connectivity index (χ0) is 12.8. The van der Waals surface area contributed by atoms with E-state index < -0.39 is 18.0 Å². The van der Waals surface area contributed by atoms with Crippen LogP contribution in [0.15, 0.2) is 24.3 Å². The summed E-state index contributed by atoms with van der Waals surface area (Å²) in [5.41, 5.74) is 5.53. The number of anilines is 1. The lowest BCUT2D eigenvalue weighted by Gasteiger charge is -2.16. The highest BCUT2D eigenvalue weighted by atomic mass is 16.5. The maximum absolute atomic E-state index is 11.4. The van der Waals surface area contributed by atoms with Crippen LogP contribution in [0.4, 0.5) is 10.5 Å². The number of benzene rings is 1. The summed E-state index contributed by atoms with van der Waals surface area (Å²) in [5, 5.41) is 4.92. The van der Waals surface area contributed by atoms with Gasteiger partial charge in [0.1, 0.15) is 11.8 Å². The van der Waals surface area contributed by atoms with Gasteiger partial charge in [-0.25, -0.2) is 4.79 Å². The van der Waals surface area contributed by atoms with Gasteiger partial charge in [0.2, 0.25) is 5.91 Å². The molecule has 0 saturated carbocycles. The molecule has 0 radical (unpaired) electrons. The molecule has 0 spiro atoms. The first-order chi connectivity index (χ1) is 8.04. The van der Waals surface area contributed by atoms with Gasteiger partial charge in [-0.15, -0.1) is 0 Å². The van der Waals surface area contributed by atoms with Crippen molar-refractivity contribution in [2.24, 2.45) is 5.73 Å². The van der Waals surface area contributed by atoms with Crippen LogP contribution in [0.25, 0.3) is 0 Å². The van der Waals surface area contributed by atoms with E-state index in [9.17, 15) is 9.59 Å². The van der Waals surface area contributed by atoms with Crippen molar-refractivity contribution in [3.05, 3.63) is 24.3 Å². The predicted octanol–water partition coefficient (Wildman–Crippen LogP) is 0.690. The Morgan fingerprint density at radius 1 is 1.35 bits per heavy atom. The number of urea groups is 1. The number of carbonyl (C=O) groups is 2. The maximum Gasteiger partial charge on any atom is 0.318 e. The van der Waals surface area contributed by atoms with Crippen LogP contribution in [0.3, 0.4) is 0 Å². The van der Waals surface area contributed by atoms with Gasteiger partial charge >= 0.3 is 6.03 Å². The second-order valence-corrected chi connectivity index (χ2v) is 3.42. The molecule has 17 heavy (non-hydrogen) atoms. The number of nitrogens with two attached hydrogens (primary N) is 1. The average molecular weight is 237 g/mol. The average Bonchev–Trinajstić information content (AvgIpc) is 2.28. The Morgan fingerprint density at radius 2 is 2.00 bits per heavy atom. The maximum atomic E-state index is 11.4. The number of ether oxygens (including phenoxy) is 1. The van der Waals surface area contributed by atoms with Crippen LogP contribution in [-0.2, 0) is 4.79 Å². The van der Waals surface area contributed by atoms with Crippen LogP contribution in [0.5, 0.6) is 5.75 Å². The smallest absolute Gasteiger partial charge is 0.318 e. The number of imide groups is 1. The summed E-state index contributed by atoms with van der Waals surface area (Å²) in [7, 11) is 1.54. The number of methoxy groups -OCH3 is 1. The summed E-state index contributed by atoms with van der Waals surface area (Å²) in [5.74, 6) is 0.120. The third-order valence-electron chi connectivity index (χ3n) is 2.12. The molecule has 6 nitrogen and oxygen atoms in total. The first-order valence-corrected chi connectivity index (χ1v) is 5.04. The van der Waals surface area contributed by atoms with Crippen LogP contribution >= 0.6 is 0 Å². The van der Waals surface area contributed by atoms with E-state index in [1.807, 2.05) is 17.4 Å². The van der Waals surface area contributed by atoms with Gasteiger partial charge < -0.3 is 15.8 Å². The minimum atomic E-state index is -0.872. The summed E-state index contributed by atoms with van der Waals surface area (Å²) >= 11 is 0.